The lowest BCUT2D eigenvalue weighted by Gasteiger charge is -2.08. The van der Waals surface area contributed by atoms with Gasteiger partial charge in [0.25, 0.3) is 0 Å². The van der Waals surface area contributed by atoms with Gasteiger partial charge in [-0.3, -0.25) is 10.3 Å². The molecule has 7 heteroatoms. The van der Waals surface area contributed by atoms with Crippen LogP contribution in [-0.4, -0.2) is 16.2 Å². The monoisotopic (exact) mass is 338 g/mol. The van der Waals surface area contributed by atoms with E-state index < -0.39 is 6.03 Å². The van der Waals surface area contributed by atoms with Crippen LogP contribution in [0.2, 0.25) is 0 Å². The van der Waals surface area contributed by atoms with Gasteiger partial charge in [-0.25, -0.2) is 4.79 Å². The third kappa shape index (κ3) is 4.57. The van der Waals surface area contributed by atoms with Gasteiger partial charge in [-0.2, -0.15) is 0 Å². The molecule has 2 aromatic heterocycles. The van der Waals surface area contributed by atoms with E-state index in [4.69, 9.17) is 9.26 Å². The summed E-state index contributed by atoms with van der Waals surface area (Å²) in [7, 11) is 0. The van der Waals surface area contributed by atoms with Crippen LogP contribution in [0.3, 0.4) is 0 Å². The molecule has 0 spiro atoms. The third-order valence-corrected chi connectivity index (χ3v) is 3.35. The van der Waals surface area contributed by atoms with E-state index in [1.807, 2.05) is 13.8 Å². The fraction of sp³-hybridized carbons (Fsp3) is 0.167. The average Bonchev–Trinajstić information content (AvgIpc) is 3.06. The number of carbonyl (C=O) groups excluding carboxylic acids is 1. The molecule has 0 aliphatic heterocycles. The average molecular weight is 338 g/mol. The first kappa shape index (κ1) is 16.5. The predicted octanol–water partition coefficient (Wildman–Crippen LogP) is 4.63. The summed E-state index contributed by atoms with van der Waals surface area (Å²) in [6, 6.07) is 11.9. The number of nitrogens with zero attached hydrogens (tertiary/aromatic N) is 2. The number of rotatable bonds is 5. The van der Waals surface area contributed by atoms with Crippen LogP contribution in [0.5, 0.6) is 11.5 Å². The maximum atomic E-state index is 12.0. The number of nitrogens with one attached hydrogen (secondary N) is 2. The van der Waals surface area contributed by atoms with Crippen LogP contribution in [-0.2, 0) is 0 Å². The van der Waals surface area contributed by atoms with E-state index in [9.17, 15) is 4.79 Å². The van der Waals surface area contributed by atoms with Crippen LogP contribution >= 0.6 is 0 Å². The van der Waals surface area contributed by atoms with Crippen molar-refractivity contribution in [2.45, 2.75) is 19.8 Å². The summed E-state index contributed by atoms with van der Waals surface area (Å²) >= 11 is 0. The van der Waals surface area contributed by atoms with Crippen molar-refractivity contribution in [3.05, 3.63) is 60.6 Å². The van der Waals surface area contributed by atoms with Gasteiger partial charge < -0.3 is 14.6 Å². The van der Waals surface area contributed by atoms with Gasteiger partial charge in [-0.05, 0) is 42.3 Å². The van der Waals surface area contributed by atoms with Crippen molar-refractivity contribution in [3.8, 4) is 11.5 Å². The molecule has 0 atom stereocenters. The fourth-order valence-electron chi connectivity index (χ4n) is 2.04. The number of urea groups is 1. The maximum Gasteiger partial charge on any atom is 0.326 e. The molecule has 0 aliphatic carbocycles. The number of aromatic nitrogens is 2. The molecule has 128 valence electrons. The van der Waals surface area contributed by atoms with E-state index in [-0.39, 0.29) is 5.92 Å². The summed E-state index contributed by atoms with van der Waals surface area (Å²) < 4.78 is 10.7. The minimum atomic E-state index is -0.408. The van der Waals surface area contributed by atoms with E-state index in [1.165, 1.54) is 0 Å². The van der Waals surface area contributed by atoms with Crippen molar-refractivity contribution in [3.63, 3.8) is 0 Å². The van der Waals surface area contributed by atoms with Crippen molar-refractivity contribution in [1.82, 2.24) is 10.1 Å². The molecule has 2 heterocycles. The Morgan fingerprint density at radius 2 is 1.72 bits per heavy atom. The lowest BCUT2D eigenvalue weighted by molar-refractivity contribution is 0.261. The SMILES string of the molecule is CC(C)c1cc(NC(=O)Nc2ccc(Oc3ccncc3)cc2)on1. The summed E-state index contributed by atoms with van der Waals surface area (Å²) in [5.41, 5.74) is 1.41. The molecule has 7 nitrogen and oxygen atoms in total. The molecule has 2 amide bonds. The zero-order valence-corrected chi connectivity index (χ0v) is 13.9. The number of hydrogen-bond donors (Lipinski definition) is 2. The molecular formula is C18H18N4O3. The second kappa shape index (κ2) is 7.48. The Morgan fingerprint density at radius 3 is 2.36 bits per heavy atom. The molecule has 0 radical (unpaired) electrons. The quantitative estimate of drug-likeness (QED) is 0.708. The largest absolute Gasteiger partial charge is 0.457 e. The number of amides is 2. The number of ether oxygens (including phenoxy) is 1. The molecule has 1 aromatic carbocycles. The number of carbonyl (C=O) groups is 1. The highest BCUT2D eigenvalue weighted by Gasteiger charge is 2.10. The molecular weight excluding hydrogens is 320 g/mol. The van der Waals surface area contributed by atoms with Crippen LogP contribution in [0, 0.1) is 0 Å². The van der Waals surface area contributed by atoms with Crippen molar-refractivity contribution in [2.24, 2.45) is 0 Å². The highest BCUT2D eigenvalue weighted by atomic mass is 16.5. The molecule has 0 bridgehead atoms. The van der Waals surface area contributed by atoms with Gasteiger partial charge in [0.1, 0.15) is 11.5 Å². The predicted molar refractivity (Wildman–Crippen MR) is 94.0 cm³/mol. The van der Waals surface area contributed by atoms with E-state index in [0.717, 1.165) is 5.69 Å². The van der Waals surface area contributed by atoms with Gasteiger partial charge in [0, 0.05) is 24.1 Å². The van der Waals surface area contributed by atoms with Gasteiger partial charge in [-0.15, -0.1) is 0 Å². The van der Waals surface area contributed by atoms with E-state index in [2.05, 4.69) is 20.8 Å². The van der Waals surface area contributed by atoms with Gasteiger partial charge in [0.15, 0.2) is 0 Å². The first-order valence-corrected chi connectivity index (χ1v) is 7.83. The highest BCUT2D eigenvalue weighted by Crippen LogP contribution is 2.22. The Hall–Kier alpha value is -3.35. The summed E-state index contributed by atoms with van der Waals surface area (Å²) in [5, 5.41) is 9.21. The van der Waals surface area contributed by atoms with Crippen molar-refractivity contribution in [1.29, 1.82) is 0 Å². The first-order valence-electron chi connectivity index (χ1n) is 7.83. The lowest BCUT2D eigenvalue weighted by Crippen LogP contribution is -2.18. The Bertz CT molecular complexity index is 829. The lowest BCUT2D eigenvalue weighted by atomic mass is 10.1. The number of anilines is 2. The maximum absolute atomic E-state index is 12.0. The molecule has 2 N–H and O–H groups in total. The van der Waals surface area contributed by atoms with Crippen LogP contribution in [0.4, 0.5) is 16.4 Å². The van der Waals surface area contributed by atoms with Crippen LogP contribution in [0.25, 0.3) is 0 Å². The van der Waals surface area contributed by atoms with Gasteiger partial charge in [-0.1, -0.05) is 19.0 Å². The zero-order chi connectivity index (χ0) is 17.6. The zero-order valence-electron chi connectivity index (χ0n) is 13.9. The Morgan fingerprint density at radius 1 is 1.04 bits per heavy atom. The topological polar surface area (TPSA) is 89.3 Å². The standard InChI is InChI=1S/C18H18N4O3/c1-12(2)16-11-17(25-22-16)21-18(23)20-13-3-5-14(6-4-13)24-15-7-9-19-10-8-15/h3-12H,1-2H3,(H2,20,21,23). The second-order valence-electron chi connectivity index (χ2n) is 5.66. The summed E-state index contributed by atoms with van der Waals surface area (Å²) in [6.45, 7) is 3.99. The van der Waals surface area contributed by atoms with Gasteiger partial charge in [0.05, 0.1) is 5.69 Å². The second-order valence-corrected chi connectivity index (χ2v) is 5.66. The van der Waals surface area contributed by atoms with Crippen molar-refractivity contribution >= 4 is 17.6 Å². The van der Waals surface area contributed by atoms with E-state index in [1.54, 1.807) is 54.9 Å². The molecule has 3 rings (SSSR count). The van der Waals surface area contributed by atoms with Gasteiger partial charge >= 0.3 is 6.03 Å². The van der Waals surface area contributed by atoms with Gasteiger partial charge in [0.2, 0.25) is 5.88 Å². The number of hydrogen-bond acceptors (Lipinski definition) is 5. The van der Waals surface area contributed by atoms with Crippen LogP contribution < -0.4 is 15.4 Å². The fourth-order valence-corrected chi connectivity index (χ4v) is 2.04. The van der Waals surface area contributed by atoms with Crippen LogP contribution in [0.15, 0.2) is 59.4 Å². The molecule has 0 saturated carbocycles. The number of benzene rings is 1. The smallest absolute Gasteiger partial charge is 0.326 e. The molecule has 0 unspecified atom stereocenters. The first-order chi connectivity index (χ1) is 12.1. The highest BCUT2D eigenvalue weighted by molar-refractivity contribution is 5.98. The third-order valence-electron chi connectivity index (χ3n) is 3.35. The number of pyridine rings is 1. The molecule has 0 saturated heterocycles. The molecule has 0 aliphatic rings. The van der Waals surface area contributed by atoms with E-state index in [0.29, 0.717) is 23.1 Å². The summed E-state index contributed by atoms with van der Waals surface area (Å²) in [6.07, 6.45) is 3.31. The summed E-state index contributed by atoms with van der Waals surface area (Å²) in [4.78, 5) is 15.9. The minimum Gasteiger partial charge on any atom is -0.457 e. The molecule has 0 fully saturated rings. The normalized spacial score (nSPS) is 10.5. The van der Waals surface area contributed by atoms with Crippen LogP contribution in [0.1, 0.15) is 25.5 Å². The Labute approximate surface area is 145 Å². The van der Waals surface area contributed by atoms with E-state index >= 15 is 0 Å². The molecule has 3 aromatic rings. The molecule has 25 heavy (non-hydrogen) atoms. The van der Waals surface area contributed by atoms with Crippen molar-refractivity contribution < 1.29 is 14.1 Å². The van der Waals surface area contributed by atoms with Crippen molar-refractivity contribution in [2.75, 3.05) is 10.6 Å². The Kier molecular flexibility index (Phi) is 4.94. The minimum absolute atomic E-state index is 0.232. The summed E-state index contributed by atoms with van der Waals surface area (Å²) in [5.74, 6) is 1.89. The Balaban J connectivity index is 1.56.